The van der Waals surface area contributed by atoms with Gasteiger partial charge in [-0.1, -0.05) is 53.3 Å². The molecule has 0 aliphatic carbocycles. The fourth-order valence-electron chi connectivity index (χ4n) is 2.75. The molecule has 1 unspecified atom stereocenters. The number of nitrogens with one attached hydrogen (secondary N) is 2. The number of carbonyl (C=O) groups excluding carboxylic acids is 2. The van der Waals surface area contributed by atoms with E-state index in [9.17, 15) is 9.59 Å². The van der Waals surface area contributed by atoms with Crippen LogP contribution in [0.3, 0.4) is 0 Å². The quantitative estimate of drug-likeness (QED) is 0.661. The lowest BCUT2D eigenvalue weighted by Gasteiger charge is -2.25. The zero-order valence-corrected chi connectivity index (χ0v) is 16.4. The molecule has 2 amide bonds. The number of thiazole rings is 1. The van der Waals surface area contributed by atoms with Crippen molar-refractivity contribution in [2.75, 3.05) is 17.6 Å². The van der Waals surface area contributed by atoms with Gasteiger partial charge in [-0.2, -0.15) is 0 Å². The third-order valence-corrected chi connectivity index (χ3v) is 6.48. The van der Waals surface area contributed by atoms with Gasteiger partial charge >= 0.3 is 0 Å². The van der Waals surface area contributed by atoms with Crippen LogP contribution < -0.4 is 10.7 Å². The molecule has 4 rings (SSSR count). The smallest absolute Gasteiger partial charge is 0.248 e. The topological polar surface area (TPSA) is 74.3 Å². The van der Waals surface area contributed by atoms with E-state index in [2.05, 4.69) is 15.7 Å². The Bertz CT molecular complexity index is 977. The molecule has 0 radical (unpaired) electrons. The molecule has 2 heterocycles. The van der Waals surface area contributed by atoms with E-state index in [0.717, 1.165) is 15.8 Å². The SMILES string of the molecule is O=C(CNN1C(=O)CSC1c1ccccc1Cl)Nc1nc2ccccc2s1. The van der Waals surface area contributed by atoms with E-state index in [1.807, 2.05) is 42.5 Å². The van der Waals surface area contributed by atoms with Crippen LogP contribution in [0.25, 0.3) is 10.2 Å². The van der Waals surface area contributed by atoms with Gasteiger partial charge in [-0.25, -0.2) is 10.4 Å². The number of carbonyl (C=O) groups is 2. The number of nitrogens with zero attached hydrogens (tertiary/aromatic N) is 2. The van der Waals surface area contributed by atoms with Crippen LogP contribution in [0.15, 0.2) is 48.5 Å². The molecule has 3 aromatic rings. The average molecular weight is 419 g/mol. The van der Waals surface area contributed by atoms with Crippen LogP contribution in [0.5, 0.6) is 0 Å². The second-order valence-corrected chi connectivity index (χ2v) is 8.32. The zero-order valence-electron chi connectivity index (χ0n) is 14.0. The molecule has 0 spiro atoms. The minimum atomic E-state index is -0.267. The van der Waals surface area contributed by atoms with E-state index < -0.39 is 0 Å². The molecule has 6 nitrogen and oxygen atoms in total. The van der Waals surface area contributed by atoms with Crippen molar-refractivity contribution in [1.29, 1.82) is 0 Å². The molecule has 1 aliphatic rings. The summed E-state index contributed by atoms with van der Waals surface area (Å²) in [6, 6.07) is 15.1. The molecule has 1 saturated heterocycles. The van der Waals surface area contributed by atoms with E-state index in [4.69, 9.17) is 11.6 Å². The number of benzene rings is 2. The predicted octanol–water partition coefficient (Wildman–Crippen LogP) is 3.67. The van der Waals surface area contributed by atoms with Crippen molar-refractivity contribution in [3.8, 4) is 0 Å². The average Bonchev–Trinajstić information content (AvgIpc) is 3.23. The van der Waals surface area contributed by atoms with Gasteiger partial charge in [-0.05, 0) is 18.2 Å². The number of thioether (sulfide) groups is 1. The molecular formula is C18H15ClN4O2S2. The molecule has 0 bridgehead atoms. The minimum Gasteiger partial charge on any atom is -0.301 e. The first-order chi connectivity index (χ1) is 13.1. The lowest BCUT2D eigenvalue weighted by molar-refractivity contribution is -0.131. The van der Waals surface area contributed by atoms with Gasteiger partial charge in [0, 0.05) is 10.6 Å². The summed E-state index contributed by atoms with van der Waals surface area (Å²) in [6.07, 6.45) is 0. The van der Waals surface area contributed by atoms with Gasteiger partial charge in [0.2, 0.25) is 11.8 Å². The van der Waals surface area contributed by atoms with Crippen LogP contribution in [-0.2, 0) is 9.59 Å². The van der Waals surface area contributed by atoms with Crippen molar-refractivity contribution >= 4 is 61.9 Å². The van der Waals surface area contributed by atoms with Gasteiger partial charge in [0.1, 0.15) is 5.37 Å². The van der Waals surface area contributed by atoms with E-state index >= 15 is 0 Å². The number of para-hydroxylation sites is 1. The Kier molecular flexibility index (Phi) is 5.31. The summed E-state index contributed by atoms with van der Waals surface area (Å²) in [5, 5.41) is 5.11. The second kappa shape index (κ2) is 7.85. The Labute approximate surface area is 168 Å². The number of hydrogen-bond donors (Lipinski definition) is 2. The summed E-state index contributed by atoms with van der Waals surface area (Å²) in [5.74, 6) is -0.0167. The number of hydrogen-bond acceptors (Lipinski definition) is 6. The third kappa shape index (κ3) is 3.93. The summed E-state index contributed by atoms with van der Waals surface area (Å²) in [6.45, 7) is -0.0385. The molecule has 1 atom stereocenters. The van der Waals surface area contributed by atoms with Crippen LogP contribution >= 0.6 is 34.7 Å². The van der Waals surface area contributed by atoms with Crippen LogP contribution in [0.1, 0.15) is 10.9 Å². The van der Waals surface area contributed by atoms with Gasteiger partial charge in [0.25, 0.3) is 0 Å². The highest BCUT2D eigenvalue weighted by atomic mass is 35.5. The molecule has 1 aliphatic heterocycles. The Morgan fingerprint density at radius 3 is 2.81 bits per heavy atom. The highest BCUT2D eigenvalue weighted by molar-refractivity contribution is 8.00. The summed E-state index contributed by atoms with van der Waals surface area (Å²) < 4.78 is 1.01. The van der Waals surface area contributed by atoms with E-state index in [1.165, 1.54) is 28.1 Å². The number of hydrazine groups is 1. The first kappa shape index (κ1) is 18.2. The highest BCUT2D eigenvalue weighted by Crippen LogP contribution is 2.40. The lowest BCUT2D eigenvalue weighted by atomic mass is 10.2. The number of amides is 2. The van der Waals surface area contributed by atoms with Gasteiger partial charge < -0.3 is 5.32 Å². The maximum atomic E-state index is 12.3. The fourth-order valence-corrected chi connectivity index (χ4v) is 5.10. The van der Waals surface area contributed by atoms with Crippen molar-refractivity contribution < 1.29 is 9.59 Å². The summed E-state index contributed by atoms with van der Waals surface area (Å²) in [5.41, 5.74) is 4.62. The Morgan fingerprint density at radius 2 is 2.00 bits per heavy atom. The van der Waals surface area contributed by atoms with Crippen molar-refractivity contribution in [1.82, 2.24) is 15.4 Å². The molecule has 2 aromatic carbocycles. The standard InChI is InChI=1S/C18H15ClN4O2S2/c19-12-6-2-1-5-11(12)17-23(16(25)10-26-17)20-9-15(24)22-18-21-13-7-3-4-8-14(13)27-18/h1-8,17,20H,9-10H2,(H,21,22,24). The molecule has 2 N–H and O–H groups in total. The van der Waals surface area contributed by atoms with Gasteiger partial charge in [0.05, 0.1) is 22.5 Å². The maximum Gasteiger partial charge on any atom is 0.248 e. The summed E-state index contributed by atoms with van der Waals surface area (Å²) >= 11 is 9.14. The monoisotopic (exact) mass is 418 g/mol. The highest BCUT2D eigenvalue weighted by Gasteiger charge is 2.34. The van der Waals surface area contributed by atoms with Gasteiger partial charge in [0.15, 0.2) is 5.13 Å². The Hall–Kier alpha value is -2.13. The third-order valence-electron chi connectivity index (χ3n) is 3.99. The molecule has 9 heteroatoms. The maximum absolute atomic E-state index is 12.3. The molecular weight excluding hydrogens is 404 g/mol. The van der Waals surface area contributed by atoms with E-state index in [-0.39, 0.29) is 23.7 Å². The number of fused-ring (bicyclic) bond motifs is 1. The molecule has 138 valence electrons. The molecule has 0 saturated carbocycles. The predicted molar refractivity (Wildman–Crippen MR) is 110 cm³/mol. The first-order valence-electron chi connectivity index (χ1n) is 8.19. The van der Waals surface area contributed by atoms with E-state index in [1.54, 1.807) is 6.07 Å². The van der Waals surface area contributed by atoms with Crippen molar-refractivity contribution in [2.24, 2.45) is 0 Å². The van der Waals surface area contributed by atoms with Crippen LogP contribution in [-0.4, -0.2) is 34.1 Å². The van der Waals surface area contributed by atoms with Crippen LogP contribution in [0, 0.1) is 0 Å². The van der Waals surface area contributed by atoms with Crippen LogP contribution in [0.4, 0.5) is 5.13 Å². The first-order valence-corrected chi connectivity index (χ1v) is 10.4. The molecule has 1 fully saturated rings. The van der Waals surface area contributed by atoms with Crippen LogP contribution in [0.2, 0.25) is 5.02 Å². The fraction of sp³-hybridized carbons (Fsp3) is 0.167. The van der Waals surface area contributed by atoms with Crippen molar-refractivity contribution in [2.45, 2.75) is 5.37 Å². The van der Waals surface area contributed by atoms with E-state index in [0.29, 0.717) is 15.9 Å². The Balaban J connectivity index is 1.41. The number of anilines is 1. The number of rotatable bonds is 5. The molecule has 1 aromatic heterocycles. The number of halogens is 1. The largest absolute Gasteiger partial charge is 0.301 e. The minimum absolute atomic E-state index is 0.0385. The molecule has 27 heavy (non-hydrogen) atoms. The number of aromatic nitrogens is 1. The second-order valence-electron chi connectivity index (χ2n) is 5.82. The van der Waals surface area contributed by atoms with Crippen molar-refractivity contribution in [3.63, 3.8) is 0 Å². The van der Waals surface area contributed by atoms with Gasteiger partial charge in [-0.15, -0.1) is 11.8 Å². The normalized spacial score (nSPS) is 16.9. The lowest BCUT2D eigenvalue weighted by Crippen LogP contribution is -2.44. The Morgan fingerprint density at radius 1 is 1.22 bits per heavy atom. The van der Waals surface area contributed by atoms with Gasteiger partial charge in [-0.3, -0.25) is 14.6 Å². The zero-order chi connectivity index (χ0) is 18.8. The summed E-state index contributed by atoms with van der Waals surface area (Å²) in [4.78, 5) is 28.9. The van der Waals surface area contributed by atoms with Crippen molar-refractivity contribution in [3.05, 3.63) is 59.1 Å². The summed E-state index contributed by atoms with van der Waals surface area (Å²) in [7, 11) is 0.